The first-order valence-electron chi connectivity index (χ1n) is 3.88. The Hall–Kier alpha value is -1.56. The van der Waals surface area contributed by atoms with E-state index in [2.05, 4.69) is 20.4 Å². The summed E-state index contributed by atoms with van der Waals surface area (Å²) >= 11 is 0. The average Bonchev–Trinajstić information content (AvgIpc) is 2.43. The van der Waals surface area contributed by atoms with Gasteiger partial charge in [0.25, 0.3) is 0 Å². The molecule has 0 fully saturated rings. The van der Waals surface area contributed by atoms with E-state index in [1.165, 1.54) is 0 Å². The van der Waals surface area contributed by atoms with E-state index in [4.69, 9.17) is 5.73 Å². The number of nitrogens with two attached hydrogens (primary N) is 1. The molecule has 0 saturated heterocycles. The van der Waals surface area contributed by atoms with Crippen molar-refractivity contribution in [2.45, 2.75) is 6.92 Å². The number of hydrogen-bond acceptors (Lipinski definition) is 5. The van der Waals surface area contributed by atoms with Gasteiger partial charge in [0.15, 0.2) is 5.65 Å². The minimum Gasteiger partial charge on any atom is -0.368 e. The van der Waals surface area contributed by atoms with Crippen LogP contribution in [0.1, 0.15) is 5.69 Å². The molecule has 7 heteroatoms. The van der Waals surface area contributed by atoms with Crippen LogP contribution < -0.4 is 11.1 Å². The summed E-state index contributed by atoms with van der Waals surface area (Å²) in [7, 11) is 1.76. The third-order valence-corrected chi connectivity index (χ3v) is 1.69. The summed E-state index contributed by atoms with van der Waals surface area (Å²) in [6, 6.07) is 1.85. The maximum atomic E-state index is 5.51. The number of rotatable bonds is 1. The van der Waals surface area contributed by atoms with Crippen LogP contribution in [0.25, 0.3) is 5.65 Å². The molecule has 0 bridgehead atoms. The fourth-order valence-corrected chi connectivity index (χ4v) is 1.18. The van der Waals surface area contributed by atoms with Crippen molar-refractivity contribution in [1.82, 2.24) is 19.6 Å². The molecule has 0 amide bonds. The first kappa shape index (κ1) is 10.5. The minimum atomic E-state index is 0. The van der Waals surface area contributed by atoms with E-state index in [0.29, 0.717) is 11.6 Å². The van der Waals surface area contributed by atoms with Crippen molar-refractivity contribution in [1.29, 1.82) is 0 Å². The Kier molecular flexibility index (Phi) is 2.76. The Bertz CT molecular complexity index is 451. The Balaban J connectivity index is 0.000000980. The van der Waals surface area contributed by atoms with Gasteiger partial charge < -0.3 is 11.1 Å². The number of hydrogen-bond donors (Lipinski definition) is 2. The Labute approximate surface area is 86.9 Å². The molecule has 0 radical (unpaired) electrons. The average molecular weight is 215 g/mol. The van der Waals surface area contributed by atoms with Gasteiger partial charge in [-0.15, -0.1) is 12.4 Å². The number of nitrogens with zero attached hydrogens (tertiary/aromatic N) is 4. The van der Waals surface area contributed by atoms with Gasteiger partial charge in [-0.05, 0) is 6.92 Å². The van der Waals surface area contributed by atoms with Gasteiger partial charge in [0, 0.05) is 13.1 Å². The van der Waals surface area contributed by atoms with E-state index >= 15 is 0 Å². The molecule has 2 aromatic rings. The van der Waals surface area contributed by atoms with E-state index in [-0.39, 0.29) is 18.4 Å². The lowest BCUT2D eigenvalue weighted by Gasteiger charge is -2.01. The van der Waals surface area contributed by atoms with Gasteiger partial charge in [-0.1, -0.05) is 0 Å². The van der Waals surface area contributed by atoms with Gasteiger partial charge in [-0.25, -0.2) is 0 Å². The number of nitrogen functional groups attached to an aromatic ring is 1. The molecule has 0 aliphatic carbocycles. The second-order valence-electron chi connectivity index (χ2n) is 2.71. The number of nitrogens with one attached hydrogen (secondary N) is 1. The minimum absolute atomic E-state index is 0. The Morgan fingerprint density at radius 1 is 1.43 bits per heavy atom. The summed E-state index contributed by atoms with van der Waals surface area (Å²) in [5, 5.41) is 7.09. The van der Waals surface area contributed by atoms with Crippen molar-refractivity contribution in [3.05, 3.63) is 11.8 Å². The lowest BCUT2D eigenvalue weighted by Crippen LogP contribution is -2.07. The monoisotopic (exact) mass is 214 g/mol. The fraction of sp³-hybridized carbons (Fsp3) is 0.286. The first-order valence-corrected chi connectivity index (χ1v) is 3.88. The lowest BCUT2D eigenvalue weighted by molar-refractivity contribution is 0.888. The second-order valence-corrected chi connectivity index (χ2v) is 2.71. The zero-order valence-corrected chi connectivity index (χ0v) is 8.67. The molecular weight excluding hydrogens is 204 g/mol. The highest BCUT2D eigenvalue weighted by Gasteiger charge is 2.05. The molecule has 0 aliphatic heterocycles. The highest BCUT2D eigenvalue weighted by Crippen LogP contribution is 2.09. The zero-order chi connectivity index (χ0) is 9.42. The van der Waals surface area contributed by atoms with Crippen molar-refractivity contribution < 1.29 is 0 Å². The molecule has 3 N–H and O–H groups in total. The highest BCUT2D eigenvalue weighted by molar-refractivity contribution is 5.85. The number of aryl methyl sites for hydroxylation is 1. The summed E-state index contributed by atoms with van der Waals surface area (Å²) in [4.78, 5) is 8.02. The summed E-state index contributed by atoms with van der Waals surface area (Å²) in [5.41, 5.74) is 7.09. The summed E-state index contributed by atoms with van der Waals surface area (Å²) in [5.74, 6) is 0.840. The van der Waals surface area contributed by atoms with Crippen molar-refractivity contribution >= 4 is 30.0 Å². The second kappa shape index (κ2) is 3.67. The summed E-state index contributed by atoms with van der Waals surface area (Å²) < 4.78 is 1.62. The molecule has 14 heavy (non-hydrogen) atoms. The van der Waals surface area contributed by atoms with Gasteiger partial charge in [-0.2, -0.15) is 19.6 Å². The quantitative estimate of drug-likeness (QED) is 0.722. The van der Waals surface area contributed by atoms with Crippen molar-refractivity contribution in [3.8, 4) is 0 Å². The van der Waals surface area contributed by atoms with Gasteiger partial charge in [-0.3, -0.25) is 0 Å². The van der Waals surface area contributed by atoms with Crippen LogP contribution in [0.15, 0.2) is 6.07 Å². The van der Waals surface area contributed by atoms with Gasteiger partial charge in [0.2, 0.25) is 11.9 Å². The van der Waals surface area contributed by atoms with E-state index < -0.39 is 0 Å². The van der Waals surface area contributed by atoms with Crippen molar-refractivity contribution in [2.24, 2.45) is 0 Å². The lowest BCUT2D eigenvalue weighted by atomic mass is 10.5. The zero-order valence-electron chi connectivity index (χ0n) is 7.85. The molecule has 0 spiro atoms. The Morgan fingerprint density at radius 3 is 2.79 bits per heavy atom. The summed E-state index contributed by atoms with van der Waals surface area (Å²) in [6.07, 6.45) is 0. The smallest absolute Gasteiger partial charge is 0.228 e. The van der Waals surface area contributed by atoms with Crippen LogP contribution in [0, 0.1) is 6.92 Å². The molecule has 2 rings (SSSR count). The topological polar surface area (TPSA) is 81.1 Å². The molecule has 0 saturated carbocycles. The van der Waals surface area contributed by atoms with E-state index in [1.807, 2.05) is 13.0 Å². The molecule has 2 aromatic heterocycles. The predicted octanol–water partition coefficient (Wildman–Crippen LogP) is 0.478. The maximum absolute atomic E-state index is 5.51. The first-order chi connectivity index (χ1) is 6.20. The van der Waals surface area contributed by atoms with Crippen LogP contribution >= 0.6 is 12.4 Å². The third kappa shape index (κ3) is 1.56. The molecule has 0 aliphatic rings. The van der Waals surface area contributed by atoms with Gasteiger partial charge in [0.1, 0.15) is 0 Å². The van der Waals surface area contributed by atoms with Crippen LogP contribution in [-0.2, 0) is 0 Å². The number of aromatic nitrogens is 4. The fourth-order valence-electron chi connectivity index (χ4n) is 1.18. The van der Waals surface area contributed by atoms with Crippen molar-refractivity contribution in [2.75, 3.05) is 18.1 Å². The van der Waals surface area contributed by atoms with Gasteiger partial charge in [0.05, 0.1) is 5.69 Å². The van der Waals surface area contributed by atoms with Crippen LogP contribution in [0.2, 0.25) is 0 Å². The van der Waals surface area contributed by atoms with Crippen LogP contribution in [0.3, 0.4) is 0 Å². The van der Waals surface area contributed by atoms with E-state index in [1.54, 1.807) is 11.6 Å². The molecular formula is C7H11ClN6. The van der Waals surface area contributed by atoms with Crippen LogP contribution in [-0.4, -0.2) is 26.6 Å². The van der Waals surface area contributed by atoms with E-state index in [0.717, 1.165) is 5.69 Å². The molecule has 2 heterocycles. The van der Waals surface area contributed by atoms with E-state index in [9.17, 15) is 0 Å². The van der Waals surface area contributed by atoms with Crippen LogP contribution in [0.5, 0.6) is 0 Å². The molecule has 0 unspecified atom stereocenters. The Morgan fingerprint density at radius 2 is 2.14 bits per heavy atom. The normalized spacial score (nSPS) is 9.86. The molecule has 6 nitrogen and oxygen atoms in total. The molecule has 76 valence electrons. The number of anilines is 2. The standard InChI is InChI=1S/C7H10N6.ClH/c1-4-3-5-10-6(8)11-7(9-2)13(5)12-4;/h3H,1-2H3,(H3,8,9,10,11);1H. The highest BCUT2D eigenvalue weighted by atomic mass is 35.5. The molecule has 0 atom stereocenters. The van der Waals surface area contributed by atoms with Crippen molar-refractivity contribution in [3.63, 3.8) is 0 Å². The maximum Gasteiger partial charge on any atom is 0.228 e. The SMILES string of the molecule is CNc1nc(N)nc2cc(C)nn12.Cl. The molecule has 0 aromatic carbocycles. The predicted molar refractivity (Wildman–Crippen MR) is 56.7 cm³/mol. The number of fused-ring (bicyclic) bond motifs is 1. The third-order valence-electron chi connectivity index (χ3n) is 1.69. The van der Waals surface area contributed by atoms with Crippen LogP contribution in [0.4, 0.5) is 11.9 Å². The number of halogens is 1. The summed E-state index contributed by atoms with van der Waals surface area (Å²) in [6.45, 7) is 1.89. The van der Waals surface area contributed by atoms with Gasteiger partial charge >= 0.3 is 0 Å². The largest absolute Gasteiger partial charge is 0.368 e.